The van der Waals surface area contributed by atoms with Gasteiger partial charge in [-0.15, -0.1) is 0 Å². The third-order valence-electron chi connectivity index (χ3n) is 9.38. The van der Waals surface area contributed by atoms with Crippen molar-refractivity contribution < 1.29 is 33.1 Å². The number of nitrogens with one attached hydrogen (secondary N) is 1. The number of amides is 3. The predicted octanol–water partition coefficient (Wildman–Crippen LogP) is 4.38. The van der Waals surface area contributed by atoms with Crippen LogP contribution in [0.3, 0.4) is 0 Å². The van der Waals surface area contributed by atoms with Gasteiger partial charge in [0.1, 0.15) is 17.5 Å². The molecule has 1 aromatic heterocycles. The SMILES string of the molecule is CC[C@H](C)[C@@H](C(=O)N[C@@H](Cc1ccccc1)[C@H](O)CN(CC(C)C)S(=O)(=O)c1ccc(OC)cc1)N1CCN(Cc2ccnc(C(C)=NO)c2)C1=O. The van der Waals surface area contributed by atoms with Gasteiger partial charge >= 0.3 is 6.03 Å². The molecular weight excluding hydrogens is 685 g/mol. The van der Waals surface area contributed by atoms with Crippen LogP contribution in [0.2, 0.25) is 0 Å². The summed E-state index contributed by atoms with van der Waals surface area (Å²) >= 11 is 0. The van der Waals surface area contributed by atoms with Crippen molar-refractivity contribution in [3.8, 4) is 5.75 Å². The quantitative estimate of drug-likeness (QED) is 0.0985. The number of hydrogen-bond acceptors (Lipinski definition) is 9. The van der Waals surface area contributed by atoms with Gasteiger partial charge in [-0.2, -0.15) is 4.31 Å². The van der Waals surface area contributed by atoms with Crippen LogP contribution in [0.25, 0.3) is 0 Å². The van der Waals surface area contributed by atoms with Gasteiger partial charge in [-0.05, 0) is 72.7 Å². The van der Waals surface area contributed by atoms with E-state index in [0.717, 1.165) is 11.1 Å². The van der Waals surface area contributed by atoms with E-state index in [1.807, 2.05) is 58.0 Å². The Kier molecular flexibility index (Phi) is 14.2. The Bertz CT molecular complexity index is 1770. The Morgan fingerprint density at radius 1 is 1.04 bits per heavy atom. The molecule has 2 heterocycles. The van der Waals surface area contributed by atoms with Crippen LogP contribution in [0, 0.1) is 11.8 Å². The molecule has 2 aromatic carbocycles. The van der Waals surface area contributed by atoms with E-state index in [-0.39, 0.29) is 48.8 Å². The number of nitrogens with zero attached hydrogens (tertiary/aromatic N) is 5. The molecule has 0 aliphatic carbocycles. The molecule has 14 heteroatoms. The number of pyridine rings is 1. The van der Waals surface area contributed by atoms with E-state index in [9.17, 15) is 28.3 Å². The first-order chi connectivity index (χ1) is 24.8. The maximum atomic E-state index is 14.3. The molecule has 0 spiro atoms. The van der Waals surface area contributed by atoms with Crippen LogP contribution >= 0.6 is 0 Å². The van der Waals surface area contributed by atoms with Gasteiger partial charge in [-0.1, -0.05) is 69.6 Å². The minimum Gasteiger partial charge on any atom is -0.497 e. The smallest absolute Gasteiger partial charge is 0.321 e. The topological polar surface area (TPSA) is 165 Å². The number of urea groups is 1. The van der Waals surface area contributed by atoms with E-state index in [1.165, 1.54) is 23.5 Å². The summed E-state index contributed by atoms with van der Waals surface area (Å²) in [6.45, 7) is 10.2. The minimum atomic E-state index is -4.02. The molecule has 1 saturated heterocycles. The molecule has 282 valence electrons. The van der Waals surface area contributed by atoms with E-state index in [2.05, 4.69) is 15.5 Å². The van der Waals surface area contributed by atoms with Crippen molar-refractivity contribution in [1.82, 2.24) is 24.4 Å². The van der Waals surface area contributed by atoms with Crippen molar-refractivity contribution in [1.29, 1.82) is 0 Å². The fraction of sp³-hybridized carbons (Fsp3) is 0.474. The summed E-state index contributed by atoms with van der Waals surface area (Å²) in [6.07, 6.45) is 1.16. The molecule has 0 bridgehead atoms. The molecule has 1 aliphatic heterocycles. The van der Waals surface area contributed by atoms with Gasteiger partial charge in [-0.25, -0.2) is 13.2 Å². The zero-order chi connectivity index (χ0) is 38.0. The summed E-state index contributed by atoms with van der Waals surface area (Å²) in [4.78, 5) is 35.7. The van der Waals surface area contributed by atoms with E-state index in [1.54, 1.807) is 47.2 Å². The van der Waals surface area contributed by atoms with Crippen LogP contribution in [0.1, 0.15) is 57.9 Å². The number of carbonyl (C=O) groups is 2. The highest BCUT2D eigenvalue weighted by atomic mass is 32.2. The Morgan fingerprint density at radius 2 is 1.73 bits per heavy atom. The second kappa shape index (κ2) is 18.3. The number of hydrogen-bond donors (Lipinski definition) is 3. The second-order valence-corrected chi connectivity index (χ2v) is 15.7. The summed E-state index contributed by atoms with van der Waals surface area (Å²) in [5.74, 6) is -0.168. The summed E-state index contributed by atoms with van der Waals surface area (Å²) in [6, 6.07) is 17.0. The van der Waals surface area contributed by atoms with Crippen LogP contribution < -0.4 is 10.1 Å². The molecule has 0 saturated carbocycles. The molecule has 0 radical (unpaired) electrons. The molecule has 0 unspecified atom stereocenters. The number of aromatic nitrogens is 1. The van der Waals surface area contributed by atoms with Gasteiger partial charge in [0.25, 0.3) is 0 Å². The van der Waals surface area contributed by atoms with Crippen molar-refractivity contribution in [2.45, 2.75) is 77.1 Å². The number of rotatable bonds is 18. The third kappa shape index (κ3) is 10.1. The van der Waals surface area contributed by atoms with Crippen molar-refractivity contribution in [2.24, 2.45) is 17.0 Å². The highest BCUT2D eigenvalue weighted by molar-refractivity contribution is 7.89. The molecule has 52 heavy (non-hydrogen) atoms. The molecule has 1 aliphatic rings. The lowest BCUT2D eigenvalue weighted by Crippen LogP contribution is -2.57. The fourth-order valence-electron chi connectivity index (χ4n) is 6.31. The van der Waals surface area contributed by atoms with Crippen molar-refractivity contribution in [2.75, 3.05) is 33.3 Å². The Hall–Kier alpha value is -4.53. The van der Waals surface area contributed by atoms with Crippen LogP contribution in [0.15, 0.2) is 83.0 Å². The molecule has 3 aromatic rings. The average Bonchev–Trinajstić information content (AvgIpc) is 3.49. The van der Waals surface area contributed by atoms with Crippen LogP contribution in [0.4, 0.5) is 4.79 Å². The van der Waals surface area contributed by atoms with Gasteiger partial charge in [-0.3, -0.25) is 9.78 Å². The van der Waals surface area contributed by atoms with Gasteiger partial charge in [0.05, 0.1) is 29.8 Å². The lowest BCUT2D eigenvalue weighted by molar-refractivity contribution is -0.128. The number of methoxy groups -OCH3 is 1. The summed E-state index contributed by atoms with van der Waals surface area (Å²) in [7, 11) is -2.52. The molecule has 4 atom stereocenters. The van der Waals surface area contributed by atoms with Crippen molar-refractivity contribution >= 4 is 27.7 Å². The van der Waals surface area contributed by atoms with Gasteiger partial charge in [0.15, 0.2) is 0 Å². The molecule has 13 nitrogen and oxygen atoms in total. The standard InChI is InChI=1S/C38H52N6O7S/c1-7-27(4)36(44-20-19-42(38(44)47)24-30-17-18-39-33(22-30)28(5)41-48)37(46)40-34(21-29-11-9-8-10-12-29)35(45)25-43(23-26(2)3)52(49,50)32-15-13-31(51-6)14-16-32/h8-18,22,26-27,34-36,45,48H,7,19-21,23-25H2,1-6H3,(H,40,46)/t27-,34-,35+,36-/m0/s1. The summed E-state index contributed by atoms with van der Waals surface area (Å²) in [5, 5.41) is 27.3. The molecule has 4 rings (SSSR count). The van der Waals surface area contributed by atoms with Crippen LogP contribution in [-0.2, 0) is 27.8 Å². The normalized spacial score (nSPS) is 16.2. The Balaban J connectivity index is 1.58. The fourth-order valence-corrected chi connectivity index (χ4v) is 7.93. The maximum Gasteiger partial charge on any atom is 0.321 e. The van der Waals surface area contributed by atoms with Crippen LogP contribution in [0.5, 0.6) is 5.75 Å². The van der Waals surface area contributed by atoms with Crippen molar-refractivity contribution in [3.05, 3.63) is 89.7 Å². The van der Waals surface area contributed by atoms with E-state index in [4.69, 9.17) is 4.74 Å². The molecule has 3 N–H and O–H groups in total. The number of aliphatic hydroxyl groups excluding tert-OH is 1. The molecule has 1 fully saturated rings. The van der Waals surface area contributed by atoms with Gasteiger partial charge in [0.2, 0.25) is 15.9 Å². The Morgan fingerprint density at radius 3 is 2.35 bits per heavy atom. The summed E-state index contributed by atoms with van der Waals surface area (Å²) < 4.78 is 34.3. The predicted molar refractivity (Wildman–Crippen MR) is 199 cm³/mol. The number of aliphatic hydroxyl groups is 1. The number of benzene rings is 2. The molecular formula is C38H52N6O7S. The monoisotopic (exact) mass is 736 g/mol. The second-order valence-electron chi connectivity index (χ2n) is 13.7. The van der Waals surface area contributed by atoms with Crippen LogP contribution in [-0.4, -0.2) is 107 Å². The first kappa shape index (κ1) is 40.2. The maximum absolute atomic E-state index is 14.3. The highest BCUT2D eigenvalue weighted by Crippen LogP contribution is 2.25. The Labute approximate surface area is 307 Å². The van der Waals surface area contributed by atoms with Crippen molar-refractivity contribution in [3.63, 3.8) is 0 Å². The first-order valence-electron chi connectivity index (χ1n) is 17.6. The largest absolute Gasteiger partial charge is 0.497 e. The van der Waals surface area contributed by atoms with E-state index < -0.39 is 34.1 Å². The van der Waals surface area contributed by atoms with E-state index in [0.29, 0.717) is 36.7 Å². The number of carbonyl (C=O) groups excluding carboxylic acids is 2. The third-order valence-corrected chi connectivity index (χ3v) is 11.2. The van der Waals surface area contributed by atoms with E-state index >= 15 is 0 Å². The van der Waals surface area contributed by atoms with Gasteiger partial charge < -0.3 is 30.2 Å². The first-order valence-corrected chi connectivity index (χ1v) is 19.1. The average molecular weight is 737 g/mol. The number of sulfonamides is 1. The number of oxime groups is 1. The number of ether oxygens (including phenoxy) is 1. The highest BCUT2D eigenvalue weighted by Gasteiger charge is 2.41. The van der Waals surface area contributed by atoms with Gasteiger partial charge in [0, 0.05) is 38.9 Å². The lowest BCUT2D eigenvalue weighted by atomic mass is 9.95. The molecule has 3 amide bonds. The lowest BCUT2D eigenvalue weighted by Gasteiger charge is -2.35. The minimum absolute atomic E-state index is 0.0492. The zero-order valence-corrected chi connectivity index (χ0v) is 31.7. The zero-order valence-electron chi connectivity index (χ0n) is 30.8. The summed E-state index contributed by atoms with van der Waals surface area (Å²) in [5.41, 5.74) is 2.49.